The van der Waals surface area contributed by atoms with Gasteiger partial charge in [0.15, 0.2) is 17.1 Å². The fourth-order valence-electron chi connectivity index (χ4n) is 1.73. The van der Waals surface area contributed by atoms with Crippen molar-refractivity contribution in [2.45, 2.75) is 6.92 Å². The van der Waals surface area contributed by atoms with Gasteiger partial charge in [-0.1, -0.05) is 0 Å². The zero-order valence-electron chi connectivity index (χ0n) is 9.08. The van der Waals surface area contributed by atoms with Crippen molar-refractivity contribution in [3.8, 4) is 17.5 Å². The summed E-state index contributed by atoms with van der Waals surface area (Å²) < 4.78 is 6.80. The van der Waals surface area contributed by atoms with E-state index in [1.54, 1.807) is 19.3 Å². The first-order chi connectivity index (χ1) is 8.29. The van der Waals surface area contributed by atoms with Gasteiger partial charge in [-0.25, -0.2) is 9.50 Å². The minimum absolute atomic E-state index is 0.452. The summed E-state index contributed by atoms with van der Waals surface area (Å²) in [7, 11) is 0. The Labute approximate surface area is 96.9 Å². The van der Waals surface area contributed by atoms with Crippen LogP contribution in [0.15, 0.2) is 34.9 Å². The number of imidazole rings is 1. The molecule has 0 saturated heterocycles. The number of nitrogens with zero attached hydrogens (tertiary/aromatic N) is 4. The van der Waals surface area contributed by atoms with Gasteiger partial charge in [0.25, 0.3) is 0 Å². The number of nitriles is 1. The molecule has 0 aromatic carbocycles. The van der Waals surface area contributed by atoms with Crippen LogP contribution in [0.2, 0.25) is 0 Å². The molecule has 17 heavy (non-hydrogen) atoms. The minimum Gasteiger partial charge on any atom is -0.463 e. The lowest BCUT2D eigenvalue weighted by Gasteiger charge is -1.97. The van der Waals surface area contributed by atoms with Gasteiger partial charge in [0.05, 0.1) is 12.0 Å². The molecule has 0 bridgehead atoms. The summed E-state index contributed by atoms with van der Waals surface area (Å²) in [6.07, 6.45) is 1.59. The first-order valence-corrected chi connectivity index (χ1v) is 5.10. The van der Waals surface area contributed by atoms with Crippen LogP contribution in [-0.4, -0.2) is 14.6 Å². The second-order valence-corrected chi connectivity index (χ2v) is 3.62. The number of hydrogen-bond donors (Lipinski definition) is 0. The molecule has 0 radical (unpaired) electrons. The summed E-state index contributed by atoms with van der Waals surface area (Å²) >= 11 is 0. The quantitative estimate of drug-likeness (QED) is 0.635. The monoisotopic (exact) mass is 224 g/mol. The predicted octanol–water partition coefficient (Wildman–Crippen LogP) is 2.17. The second kappa shape index (κ2) is 3.46. The Morgan fingerprint density at radius 2 is 2.24 bits per heavy atom. The molecule has 3 heterocycles. The average molecular weight is 224 g/mol. The SMILES string of the molecule is Cc1nc2ccc(-c3ccco3)nn2c1C#N. The number of hydrogen-bond acceptors (Lipinski definition) is 4. The summed E-state index contributed by atoms with van der Waals surface area (Å²) in [6.45, 7) is 1.79. The Bertz CT molecular complexity index is 719. The molecule has 3 rings (SSSR count). The molecule has 0 aliphatic heterocycles. The minimum atomic E-state index is 0.452. The second-order valence-electron chi connectivity index (χ2n) is 3.62. The van der Waals surface area contributed by atoms with E-state index in [2.05, 4.69) is 16.2 Å². The topological polar surface area (TPSA) is 67.1 Å². The Morgan fingerprint density at radius 3 is 2.94 bits per heavy atom. The van der Waals surface area contributed by atoms with Crippen molar-refractivity contribution in [3.63, 3.8) is 0 Å². The molecule has 0 N–H and O–H groups in total. The molecule has 0 atom stereocenters. The third kappa shape index (κ3) is 1.39. The molecule has 0 fully saturated rings. The molecule has 0 spiro atoms. The van der Waals surface area contributed by atoms with Crippen LogP contribution in [0, 0.1) is 18.3 Å². The van der Waals surface area contributed by atoms with E-state index in [9.17, 15) is 0 Å². The largest absolute Gasteiger partial charge is 0.463 e. The average Bonchev–Trinajstić information content (AvgIpc) is 2.93. The van der Waals surface area contributed by atoms with E-state index in [0.717, 1.165) is 0 Å². The van der Waals surface area contributed by atoms with E-state index in [0.29, 0.717) is 28.5 Å². The van der Waals surface area contributed by atoms with E-state index in [-0.39, 0.29) is 0 Å². The van der Waals surface area contributed by atoms with Crippen LogP contribution in [0.3, 0.4) is 0 Å². The molecule has 0 saturated carbocycles. The number of aryl methyl sites for hydroxylation is 1. The Kier molecular flexibility index (Phi) is 1.95. The van der Waals surface area contributed by atoms with Crippen LogP contribution in [0.25, 0.3) is 17.1 Å². The first kappa shape index (κ1) is 9.60. The highest BCUT2D eigenvalue weighted by Gasteiger charge is 2.11. The lowest BCUT2D eigenvalue weighted by Crippen LogP contribution is -1.96. The Balaban J connectivity index is 2.29. The van der Waals surface area contributed by atoms with Crippen molar-refractivity contribution in [3.05, 3.63) is 41.9 Å². The van der Waals surface area contributed by atoms with Crippen molar-refractivity contribution in [1.82, 2.24) is 14.6 Å². The predicted molar refractivity (Wildman–Crippen MR) is 60.1 cm³/mol. The van der Waals surface area contributed by atoms with Gasteiger partial charge in [-0.15, -0.1) is 0 Å². The zero-order chi connectivity index (χ0) is 11.8. The van der Waals surface area contributed by atoms with E-state index in [1.165, 1.54) is 4.52 Å². The molecule has 0 unspecified atom stereocenters. The highest BCUT2D eigenvalue weighted by molar-refractivity contribution is 5.55. The summed E-state index contributed by atoms with van der Waals surface area (Å²) in [4.78, 5) is 4.25. The van der Waals surface area contributed by atoms with Crippen molar-refractivity contribution in [1.29, 1.82) is 5.26 Å². The standard InChI is InChI=1S/C12H8N4O/c1-8-10(7-13)16-12(14-8)5-4-9(15-16)11-3-2-6-17-11/h2-6H,1H3. The molecule has 3 aromatic heterocycles. The summed E-state index contributed by atoms with van der Waals surface area (Å²) in [5.41, 5.74) is 2.47. The normalized spacial score (nSPS) is 10.6. The number of rotatable bonds is 1. The van der Waals surface area contributed by atoms with Crippen LogP contribution in [0.5, 0.6) is 0 Å². The summed E-state index contributed by atoms with van der Waals surface area (Å²) in [5.74, 6) is 0.669. The van der Waals surface area contributed by atoms with Crippen molar-refractivity contribution < 1.29 is 4.42 Å². The van der Waals surface area contributed by atoms with Gasteiger partial charge in [0.1, 0.15) is 11.8 Å². The Hall–Kier alpha value is -2.61. The van der Waals surface area contributed by atoms with Crippen LogP contribution in [0.4, 0.5) is 0 Å². The van der Waals surface area contributed by atoms with E-state index < -0.39 is 0 Å². The molecule has 5 heteroatoms. The maximum atomic E-state index is 9.05. The third-order valence-corrected chi connectivity index (χ3v) is 2.53. The van der Waals surface area contributed by atoms with E-state index in [4.69, 9.17) is 9.68 Å². The molecule has 0 aliphatic rings. The van der Waals surface area contributed by atoms with Crippen LogP contribution in [0.1, 0.15) is 11.4 Å². The lowest BCUT2D eigenvalue weighted by molar-refractivity contribution is 0.578. The van der Waals surface area contributed by atoms with Crippen molar-refractivity contribution >= 4 is 5.65 Å². The van der Waals surface area contributed by atoms with Crippen molar-refractivity contribution in [2.24, 2.45) is 0 Å². The van der Waals surface area contributed by atoms with Crippen LogP contribution in [-0.2, 0) is 0 Å². The maximum absolute atomic E-state index is 9.05. The summed E-state index contributed by atoms with van der Waals surface area (Å²) in [6, 6.07) is 9.36. The molecule has 5 nitrogen and oxygen atoms in total. The fourth-order valence-corrected chi connectivity index (χ4v) is 1.73. The van der Waals surface area contributed by atoms with Gasteiger partial charge in [0.2, 0.25) is 0 Å². The molecule has 0 amide bonds. The van der Waals surface area contributed by atoms with Gasteiger partial charge >= 0.3 is 0 Å². The number of aromatic nitrogens is 3. The van der Waals surface area contributed by atoms with E-state index in [1.807, 2.05) is 18.2 Å². The first-order valence-electron chi connectivity index (χ1n) is 5.10. The summed E-state index contributed by atoms with van der Waals surface area (Å²) in [5, 5.41) is 13.4. The Morgan fingerprint density at radius 1 is 1.35 bits per heavy atom. The van der Waals surface area contributed by atoms with Gasteiger partial charge < -0.3 is 4.42 Å². The molecular weight excluding hydrogens is 216 g/mol. The molecular formula is C12H8N4O. The van der Waals surface area contributed by atoms with E-state index >= 15 is 0 Å². The molecule has 0 aliphatic carbocycles. The highest BCUT2D eigenvalue weighted by Crippen LogP contribution is 2.18. The number of furan rings is 1. The van der Waals surface area contributed by atoms with Crippen LogP contribution < -0.4 is 0 Å². The maximum Gasteiger partial charge on any atom is 0.165 e. The zero-order valence-corrected chi connectivity index (χ0v) is 9.08. The smallest absolute Gasteiger partial charge is 0.165 e. The van der Waals surface area contributed by atoms with Gasteiger partial charge in [-0.3, -0.25) is 0 Å². The highest BCUT2D eigenvalue weighted by atomic mass is 16.3. The number of fused-ring (bicyclic) bond motifs is 1. The molecule has 82 valence electrons. The lowest BCUT2D eigenvalue weighted by atomic mass is 10.3. The third-order valence-electron chi connectivity index (χ3n) is 2.53. The molecule has 3 aromatic rings. The fraction of sp³-hybridized carbons (Fsp3) is 0.0833. The van der Waals surface area contributed by atoms with Gasteiger partial charge in [-0.05, 0) is 31.2 Å². The van der Waals surface area contributed by atoms with Crippen LogP contribution >= 0.6 is 0 Å². The van der Waals surface area contributed by atoms with Gasteiger partial charge in [-0.2, -0.15) is 10.4 Å². The van der Waals surface area contributed by atoms with Crippen molar-refractivity contribution in [2.75, 3.05) is 0 Å². The van der Waals surface area contributed by atoms with Gasteiger partial charge in [0, 0.05) is 0 Å².